The molecule has 0 N–H and O–H groups in total. The van der Waals surface area contributed by atoms with Crippen molar-refractivity contribution in [2.45, 2.75) is 5.41 Å². The summed E-state index contributed by atoms with van der Waals surface area (Å²) >= 11 is 0. The molecule has 13 rings (SSSR count). The third kappa shape index (κ3) is 6.26. The molecule has 67 heavy (non-hydrogen) atoms. The normalized spacial score (nSPS) is 12.7. The number of nitrogens with zero attached hydrogens (tertiary/aromatic N) is 1. The van der Waals surface area contributed by atoms with Gasteiger partial charge in [0, 0.05) is 33.8 Å². The van der Waals surface area contributed by atoms with Crippen LogP contribution >= 0.6 is 0 Å². The van der Waals surface area contributed by atoms with Crippen molar-refractivity contribution >= 4 is 27.8 Å². The number of fused-ring (bicyclic) bond motifs is 9. The summed E-state index contributed by atoms with van der Waals surface area (Å²) in [5.41, 5.74) is 19.2. The smallest absolute Gasteiger partial charge is 0.135 e. The van der Waals surface area contributed by atoms with Gasteiger partial charge in [-0.2, -0.15) is 0 Å². The Hall–Kier alpha value is -8.72. The predicted molar refractivity (Wildman–Crippen MR) is 278 cm³/mol. The molecule has 314 valence electrons. The highest BCUT2D eigenvalue weighted by molar-refractivity contribution is 6.03. The fourth-order valence-corrected chi connectivity index (χ4v) is 11.0. The molecule has 11 aromatic rings. The van der Waals surface area contributed by atoms with Crippen LogP contribution in [0.5, 0.6) is 11.5 Å². The quantitative estimate of drug-likeness (QED) is 0.158. The van der Waals surface area contributed by atoms with E-state index in [-0.39, 0.29) is 0 Å². The van der Waals surface area contributed by atoms with Gasteiger partial charge >= 0.3 is 0 Å². The first-order valence-corrected chi connectivity index (χ1v) is 23.1. The van der Waals surface area contributed by atoms with E-state index in [1.807, 2.05) is 0 Å². The summed E-state index contributed by atoms with van der Waals surface area (Å²) in [5.74, 6) is 1.67. The zero-order valence-corrected chi connectivity index (χ0v) is 36.7. The van der Waals surface area contributed by atoms with Gasteiger partial charge < -0.3 is 9.64 Å². The average molecular weight is 854 g/mol. The van der Waals surface area contributed by atoms with E-state index < -0.39 is 5.41 Å². The van der Waals surface area contributed by atoms with E-state index in [1.165, 1.54) is 55.5 Å². The highest BCUT2D eigenvalue weighted by atomic mass is 16.5. The van der Waals surface area contributed by atoms with Gasteiger partial charge in [0.15, 0.2) is 0 Å². The first-order valence-electron chi connectivity index (χ1n) is 23.1. The van der Waals surface area contributed by atoms with Crippen LogP contribution in [0.4, 0.5) is 17.1 Å². The van der Waals surface area contributed by atoms with Gasteiger partial charge in [0.25, 0.3) is 0 Å². The zero-order valence-electron chi connectivity index (χ0n) is 36.7. The van der Waals surface area contributed by atoms with Crippen LogP contribution < -0.4 is 9.64 Å². The molecule has 2 heteroatoms. The van der Waals surface area contributed by atoms with E-state index >= 15 is 0 Å². The maximum absolute atomic E-state index is 7.10. The van der Waals surface area contributed by atoms with E-state index in [4.69, 9.17) is 4.74 Å². The third-order valence-corrected chi connectivity index (χ3v) is 13.9. The minimum absolute atomic E-state index is 0.545. The molecule has 2 nitrogen and oxygen atoms in total. The Bertz CT molecular complexity index is 3600. The fourth-order valence-electron chi connectivity index (χ4n) is 11.0. The molecule has 0 radical (unpaired) electrons. The molecule has 11 aromatic carbocycles. The number of rotatable bonds is 7. The number of ether oxygens (including phenoxy) is 1. The van der Waals surface area contributed by atoms with Crippen molar-refractivity contribution in [2.75, 3.05) is 4.90 Å². The maximum atomic E-state index is 7.10. The summed E-state index contributed by atoms with van der Waals surface area (Å²) in [5, 5.41) is 2.32. The Balaban J connectivity index is 1.06. The summed E-state index contributed by atoms with van der Waals surface area (Å²) in [6, 6.07) is 95.0. The third-order valence-electron chi connectivity index (χ3n) is 13.9. The zero-order chi connectivity index (χ0) is 44.3. The van der Waals surface area contributed by atoms with E-state index in [0.29, 0.717) is 0 Å². The second kappa shape index (κ2) is 15.8. The highest BCUT2D eigenvalue weighted by Crippen LogP contribution is 2.58. The molecule has 0 amide bonds. The molecule has 0 fully saturated rings. The molecule has 0 spiro atoms. The van der Waals surface area contributed by atoms with E-state index in [1.54, 1.807) is 0 Å². The standard InChI is InChI=1S/C65H43NO/c1-5-18-44(19-6-1)45-32-34-51(35-33-45)66(53-36-38-56-55-28-15-16-31-60(55)65(61(56)43-53,49-24-9-3-10-25-49)50-26-11-4-12-27-50)52-37-39-62-58(42-52)57-30-17-29-54(46-20-7-2-8-21-46)64(57)59-40-47-22-13-14-23-48(47)41-63(59)67-62/h1-43H. The molecule has 0 bridgehead atoms. The molecule has 1 aliphatic carbocycles. The molecule has 0 unspecified atom stereocenters. The minimum Gasteiger partial charge on any atom is -0.456 e. The van der Waals surface area contributed by atoms with Crippen LogP contribution in [-0.2, 0) is 5.41 Å². The van der Waals surface area contributed by atoms with Crippen molar-refractivity contribution < 1.29 is 4.74 Å². The van der Waals surface area contributed by atoms with Gasteiger partial charge in [-0.15, -0.1) is 0 Å². The summed E-state index contributed by atoms with van der Waals surface area (Å²) in [6.45, 7) is 0. The SMILES string of the molecule is c1ccc(-c2ccc(N(c3ccc4c(c3)-c3cccc(-c5ccccc5)c3-c3cc5ccccc5cc3O4)c3ccc4c(c3)C(c3ccccc3)(c3ccccc3)c3ccccc3-4)cc2)cc1. The van der Waals surface area contributed by atoms with Crippen molar-refractivity contribution in [3.8, 4) is 67.1 Å². The van der Waals surface area contributed by atoms with Crippen LogP contribution in [0.15, 0.2) is 261 Å². The molecule has 0 saturated carbocycles. The number of hydrogen-bond acceptors (Lipinski definition) is 2. The maximum Gasteiger partial charge on any atom is 0.135 e. The molecule has 0 atom stereocenters. The Morgan fingerprint density at radius 3 is 1.52 bits per heavy atom. The van der Waals surface area contributed by atoms with Crippen LogP contribution in [-0.4, -0.2) is 0 Å². The lowest BCUT2D eigenvalue weighted by molar-refractivity contribution is 0.488. The topological polar surface area (TPSA) is 12.5 Å². The Morgan fingerprint density at radius 2 is 0.806 bits per heavy atom. The van der Waals surface area contributed by atoms with E-state index in [9.17, 15) is 0 Å². The molecular formula is C65H43NO. The Morgan fingerprint density at radius 1 is 0.284 bits per heavy atom. The monoisotopic (exact) mass is 853 g/mol. The Kier molecular flexibility index (Phi) is 9.11. The van der Waals surface area contributed by atoms with Gasteiger partial charge in [0.2, 0.25) is 0 Å². The van der Waals surface area contributed by atoms with Crippen LogP contribution in [0.1, 0.15) is 22.3 Å². The fraction of sp³-hybridized carbons (Fsp3) is 0.0154. The molecule has 2 aliphatic rings. The number of hydrogen-bond donors (Lipinski definition) is 0. The molecule has 0 saturated heterocycles. The second-order valence-electron chi connectivity index (χ2n) is 17.6. The summed E-state index contributed by atoms with van der Waals surface area (Å²) in [4.78, 5) is 2.42. The summed E-state index contributed by atoms with van der Waals surface area (Å²) in [7, 11) is 0. The largest absolute Gasteiger partial charge is 0.456 e. The van der Waals surface area contributed by atoms with Crippen molar-refractivity contribution in [2.24, 2.45) is 0 Å². The number of anilines is 3. The van der Waals surface area contributed by atoms with Gasteiger partial charge in [0.05, 0.1) is 5.41 Å². The molecular weight excluding hydrogens is 811 g/mol. The van der Waals surface area contributed by atoms with Crippen LogP contribution in [0.25, 0.3) is 66.4 Å². The minimum atomic E-state index is -0.545. The van der Waals surface area contributed by atoms with Crippen LogP contribution in [0.3, 0.4) is 0 Å². The predicted octanol–water partition coefficient (Wildman–Crippen LogP) is 17.4. The molecule has 1 heterocycles. The lowest BCUT2D eigenvalue weighted by atomic mass is 9.67. The van der Waals surface area contributed by atoms with Crippen molar-refractivity contribution in [1.29, 1.82) is 0 Å². The highest BCUT2D eigenvalue weighted by Gasteiger charge is 2.46. The van der Waals surface area contributed by atoms with Gasteiger partial charge in [-0.25, -0.2) is 0 Å². The lowest BCUT2D eigenvalue weighted by Gasteiger charge is -2.35. The first-order chi connectivity index (χ1) is 33.2. The van der Waals surface area contributed by atoms with Gasteiger partial charge in [-0.3, -0.25) is 0 Å². The average Bonchev–Trinajstić information content (AvgIpc) is 3.62. The lowest BCUT2D eigenvalue weighted by Crippen LogP contribution is -2.28. The van der Waals surface area contributed by atoms with Crippen molar-refractivity contribution in [3.05, 3.63) is 283 Å². The van der Waals surface area contributed by atoms with Gasteiger partial charge in [-0.05, 0) is 127 Å². The second-order valence-corrected chi connectivity index (χ2v) is 17.6. The molecule has 0 aromatic heterocycles. The summed E-state index contributed by atoms with van der Waals surface area (Å²) in [6.07, 6.45) is 0. The van der Waals surface area contributed by atoms with Crippen LogP contribution in [0.2, 0.25) is 0 Å². The van der Waals surface area contributed by atoms with Gasteiger partial charge in [-0.1, -0.05) is 206 Å². The molecule has 1 aliphatic heterocycles. The van der Waals surface area contributed by atoms with E-state index in [0.717, 1.165) is 61.8 Å². The summed E-state index contributed by atoms with van der Waals surface area (Å²) < 4.78 is 7.10. The van der Waals surface area contributed by atoms with E-state index in [2.05, 4.69) is 266 Å². The first kappa shape index (κ1) is 38.7. The van der Waals surface area contributed by atoms with Crippen molar-refractivity contribution in [3.63, 3.8) is 0 Å². The number of benzene rings is 11. The van der Waals surface area contributed by atoms with Crippen LogP contribution in [0, 0.1) is 0 Å². The van der Waals surface area contributed by atoms with Crippen molar-refractivity contribution in [1.82, 2.24) is 0 Å². The van der Waals surface area contributed by atoms with Gasteiger partial charge in [0.1, 0.15) is 11.5 Å². The Labute approximate surface area is 391 Å².